The van der Waals surface area contributed by atoms with Crippen LogP contribution in [-0.4, -0.2) is 54.2 Å². The molecule has 34 heavy (non-hydrogen) atoms. The van der Waals surface area contributed by atoms with Crippen molar-refractivity contribution in [1.82, 2.24) is 16.0 Å². The number of hydrogen-bond donors (Lipinski definition) is 3. The minimum absolute atomic E-state index is 0.105. The summed E-state index contributed by atoms with van der Waals surface area (Å²) in [5, 5.41) is 7.80. The largest absolute Gasteiger partial charge is 0.467 e. The monoisotopic (exact) mass is 477 g/mol. The van der Waals surface area contributed by atoms with E-state index in [0.717, 1.165) is 0 Å². The molecule has 9 heteroatoms. The molecular formula is C25H39N3O6. The van der Waals surface area contributed by atoms with Crippen LogP contribution in [0.25, 0.3) is 0 Å². The number of ether oxygens (including phenoxy) is 2. The zero-order valence-corrected chi connectivity index (χ0v) is 21.5. The average molecular weight is 478 g/mol. The normalized spacial score (nSPS) is 13.2. The lowest BCUT2D eigenvalue weighted by atomic mass is 9.89. The Kier molecular flexibility index (Phi) is 12.2. The van der Waals surface area contributed by atoms with E-state index in [0.29, 0.717) is 6.42 Å². The molecule has 0 spiro atoms. The summed E-state index contributed by atoms with van der Waals surface area (Å²) < 4.78 is 10.1. The Balaban J connectivity index is 5.91. The minimum atomic E-state index is -1.70. The topological polar surface area (TPSA) is 123 Å². The Morgan fingerprint density at radius 1 is 0.941 bits per heavy atom. The second-order valence-corrected chi connectivity index (χ2v) is 9.88. The molecule has 0 aliphatic rings. The number of methoxy groups -OCH3 is 1. The van der Waals surface area contributed by atoms with Crippen LogP contribution in [0.5, 0.6) is 0 Å². The van der Waals surface area contributed by atoms with E-state index in [4.69, 9.17) is 22.3 Å². The van der Waals surface area contributed by atoms with E-state index < -0.39 is 47.1 Å². The third-order valence-corrected chi connectivity index (χ3v) is 4.73. The third-order valence-electron chi connectivity index (χ3n) is 4.73. The van der Waals surface area contributed by atoms with Crippen molar-refractivity contribution in [3.05, 3.63) is 0 Å². The smallest absolute Gasteiger partial charge is 0.408 e. The van der Waals surface area contributed by atoms with Gasteiger partial charge in [-0.25, -0.2) is 9.59 Å². The molecule has 0 rings (SSSR count). The van der Waals surface area contributed by atoms with Gasteiger partial charge in [-0.1, -0.05) is 27.7 Å². The zero-order chi connectivity index (χ0) is 26.7. The molecule has 0 unspecified atom stereocenters. The molecule has 0 saturated heterocycles. The number of carbonyl (C=O) groups is 4. The van der Waals surface area contributed by atoms with Crippen LogP contribution in [-0.2, 0) is 23.9 Å². The lowest BCUT2D eigenvalue weighted by molar-refractivity contribution is -0.146. The highest BCUT2D eigenvalue weighted by Crippen LogP contribution is 2.19. The Hall–Kier alpha value is -3.20. The second kappa shape index (κ2) is 13.5. The molecular weight excluding hydrogens is 438 g/mol. The molecule has 0 aromatic carbocycles. The van der Waals surface area contributed by atoms with Gasteiger partial charge in [-0.2, -0.15) is 0 Å². The van der Waals surface area contributed by atoms with Gasteiger partial charge in [0.05, 0.1) is 7.11 Å². The molecule has 0 aliphatic carbocycles. The number of hydrogen-bond acceptors (Lipinski definition) is 6. The van der Waals surface area contributed by atoms with E-state index in [2.05, 4.69) is 27.8 Å². The summed E-state index contributed by atoms with van der Waals surface area (Å²) in [6.45, 7) is 12.3. The second-order valence-electron chi connectivity index (χ2n) is 9.88. The number of carbonyl (C=O) groups excluding carboxylic acids is 4. The fourth-order valence-electron chi connectivity index (χ4n) is 3.12. The van der Waals surface area contributed by atoms with Gasteiger partial charge in [-0.15, -0.1) is 24.7 Å². The quantitative estimate of drug-likeness (QED) is 0.310. The van der Waals surface area contributed by atoms with E-state index in [1.54, 1.807) is 34.6 Å². The number of alkyl carbamates (subject to hydrolysis) is 1. The van der Waals surface area contributed by atoms with Crippen molar-refractivity contribution in [2.24, 2.45) is 11.8 Å². The van der Waals surface area contributed by atoms with E-state index in [1.807, 2.05) is 13.8 Å². The minimum Gasteiger partial charge on any atom is -0.467 e. The van der Waals surface area contributed by atoms with E-state index in [9.17, 15) is 19.2 Å². The molecule has 0 aromatic heterocycles. The van der Waals surface area contributed by atoms with Gasteiger partial charge in [-0.3, -0.25) is 9.59 Å². The van der Waals surface area contributed by atoms with Crippen molar-refractivity contribution < 1.29 is 28.7 Å². The highest BCUT2D eigenvalue weighted by molar-refractivity contribution is 5.95. The summed E-state index contributed by atoms with van der Waals surface area (Å²) in [4.78, 5) is 51.0. The molecule has 2 atom stereocenters. The first-order valence-corrected chi connectivity index (χ1v) is 11.2. The van der Waals surface area contributed by atoms with E-state index >= 15 is 0 Å². The Morgan fingerprint density at radius 2 is 1.47 bits per heavy atom. The van der Waals surface area contributed by atoms with Gasteiger partial charge in [-0.05, 0) is 39.0 Å². The number of nitrogens with one attached hydrogen (secondary N) is 3. The number of terminal acetylenes is 2. The first-order chi connectivity index (χ1) is 15.6. The summed E-state index contributed by atoms with van der Waals surface area (Å²) in [6, 6.07) is -1.92. The zero-order valence-electron chi connectivity index (χ0n) is 21.5. The van der Waals surface area contributed by atoms with Gasteiger partial charge < -0.3 is 25.4 Å². The maximum absolute atomic E-state index is 13.4. The summed E-state index contributed by atoms with van der Waals surface area (Å²) in [5.74, 6) is 2.57. The van der Waals surface area contributed by atoms with Crippen LogP contribution in [0.2, 0.25) is 0 Å². The fourth-order valence-corrected chi connectivity index (χ4v) is 3.12. The van der Waals surface area contributed by atoms with Crippen LogP contribution < -0.4 is 16.0 Å². The van der Waals surface area contributed by atoms with Crippen molar-refractivity contribution in [2.45, 2.75) is 91.0 Å². The number of esters is 1. The van der Waals surface area contributed by atoms with E-state index in [-0.39, 0.29) is 24.7 Å². The summed E-state index contributed by atoms with van der Waals surface area (Å²) >= 11 is 0. The predicted molar refractivity (Wildman–Crippen MR) is 129 cm³/mol. The van der Waals surface area contributed by atoms with Crippen LogP contribution in [0, 0.1) is 36.5 Å². The van der Waals surface area contributed by atoms with Gasteiger partial charge in [0.2, 0.25) is 11.8 Å². The predicted octanol–water partition coefficient (Wildman–Crippen LogP) is 2.14. The first-order valence-electron chi connectivity index (χ1n) is 11.2. The van der Waals surface area contributed by atoms with E-state index in [1.165, 1.54) is 7.11 Å². The maximum Gasteiger partial charge on any atom is 0.408 e. The van der Waals surface area contributed by atoms with Crippen molar-refractivity contribution in [3.8, 4) is 24.7 Å². The third kappa shape index (κ3) is 10.2. The van der Waals surface area contributed by atoms with Crippen LogP contribution in [0.1, 0.15) is 67.7 Å². The first kappa shape index (κ1) is 30.8. The van der Waals surface area contributed by atoms with Gasteiger partial charge >= 0.3 is 12.1 Å². The molecule has 0 heterocycles. The Bertz CT molecular complexity index is 798. The molecule has 9 nitrogen and oxygen atoms in total. The summed E-state index contributed by atoms with van der Waals surface area (Å²) in [6.07, 6.45) is 9.98. The van der Waals surface area contributed by atoms with Gasteiger partial charge in [0.15, 0.2) is 0 Å². The van der Waals surface area contributed by atoms with Crippen LogP contribution in [0.15, 0.2) is 0 Å². The van der Waals surface area contributed by atoms with Crippen molar-refractivity contribution in [1.29, 1.82) is 0 Å². The van der Waals surface area contributed by atoms with Crippen molar-refractivity contribution in [2.75, 3.05) is 7.11 Å². The van der Waals surface area contributed by atoms with Crippen molar-refractivity contribution >= 4 is 23.9 Å². The molecule has 0 aliphatic heterocycles. The highest BCUT2D eigenvalue weighted by Gasteiger charge is 2.42. The lowest BCUT2D eigenvalue weighted by Crippen LogP contribution is -2.63. The van der Waals surface area contributed by atoms with Crippen molar-refractivity contribution in [3.63, 3.8) is 0 Å². The van der Waals surface area contributed by atoms with Gasteiger partial charge in [0, 0.05) is 12.8 Å². The molecule has 0 saturated carbocycles. The molecule has 190 valence electrons. The summed E-state index contributed by atoms with van der Waals surface area (Å²) in [7, 11) is 1.24. The molecule has 0 aromatic rings. The average Bonchev–Trinajstić information content (AvgIpc) is 2.68. The van der Waals surface area contributed by atoms with Crippen LogP contribution in [0.4, 0.5) is 4.79 Å². The van der Waals surface area contributed by atoms with Gasteiger partial charge in [0.1, 0.15) is 23.2 Å². The SMILES string of the molecule is C#CCC(CC#C)(NC(=O)OC(C)(C)C)C(=O)N[C@@H](C(=O)N[C@@H](CC(C)C)C(=O)OC)C(C)C. The molecule has 0 radical (unpaired) electrons. The standard InChI is InChI=1S/C25H39N3O6/c1-11-13-25(14-12-2,28-23(32)34-24(7,8)9)22(31)27-19(17(5)6)20(29)26-18(15-16(3)4)21(30)33-10/h1-2,16-19H,13-15H2,3-10H3,(H,26,29)(H,27,31)(H,28,32)/t18-,19+/m0/s1. The molecule has 3 N–H and O–H groups in total. The maximum atomic E-state index is 13.4. The summed E-state index contributed by atoms with van der Waals surface area (Å²) in [5.41, 5.74) is -2.52. The van der Waals surface area contributed by atoms with Gasteiger partial charge in [0.25, 0.3) is 0 Å². The number of rotatable bonds is 11. The Labute approximate surface area is 203 Å². The lowest BCUT2D eigenvalue weighted by Gasteiger charge is -2.34. The fraction of sp³-hybridized carbons (Fsp3) is 0.680. The van der Waals surface area contributed by atoms with Crippen LogP contribution >= 0.6 is 0 Å². The molecule has 0 bridgehead atoms. The Morgan fingerprint density at radius 3 is 1.85 bits per heavy atom. The highest BCUT2D eigenvalue weighted by atomic mass is 16.6. The van der Waals surface area contributed by atoms with Crippen LogP contribution in [0.3, 0.4) is 0 Å². The number of amides is 3. The molecule has 3 amide bonds. The molecule has 0 fully saturated rings.